The van der Waals surface area contributed by atoms with E-state index in [1.54, 1.807) is 17.0 Å². The fourth-order valence-corrected chi connectivity index (χ4v) is 2.48. The maximum absolute atomic E-state index is 13.0. The van der Waals surface area contributed by atoms with Crippen LogP contribution in [0, 0.1) is 11.7 Å². The Hall–Kier alpha value is -1.42. The summed E-state index contributed by atoms with van der Waals surface area (Å²) in [5.74, 6) is -0.0424. The Morgan fingerprint density at radius 1 is 1.56 bits per heavy atom. The minimum atomic E-state index is -0.377. The first-order chi connectivity index (χ1) is 7.58. The summed E-state index contributed by atoms with van der Waals surface area (Å²) in [6.45, 7) is 1.32. The van der Waals surface area contributed by atoms with Crippen molar-refractivity contribution in [2.24, 2.45) is 11.7 Å². The number of fused-ring (bicyclic) bond motifs is 1. The summed E-state index contributed by atoms with van der Waals surface area (Å²) in [4.78, 5) is 13.7. The van der Waals surface area contributed by atoms with Crippen LogP contribution in [0.15, 0.2) is 24.3 Å². The molecule has 2 N–H and O–H groups in total. The molecule has 3 rings (SSSR count). The smallest absolute Gasteiger partial charge is 0.254 e. The van der Waals surface area contributed by atoms with Crippen molar-refractivity contribution in [1.82, 2.24) is 4.90 Å². The molecule has 0 radical (unpaired) electrons. The van der Waals surface area contributed by atoms with Crippen molar-refractivity contribution in [2.75, 3.05) is 13.1 Å². The molecule has 4 heteroatoms. The number of nitrogens with zero attached hydrogens (tertiary/aromatic N) is 1. The summed E-state index contributed by atoms with van der Waals surface area (Å²) in [6, 6.07) is 5.80. The van der Waals surface area contributed by atoms with Crippen LogP contribution >= 0.6 is 0 Å². The molecule has 3 nitrogen and oxygen atoms in total. The fraction of sp³-hybridized carbons (Fsp3) is 0.417. The number of carbonyl (C=O) groups excluding carboxylic acids is 1. The third-order valence-corrected chi connectivity index (χ3v) is 3.56. The lowest BCUT2D eigenvalue weighted by Gasteiger charge is -2.19. The first-order valence-electron chi connectivity index (χ1n) is 5.42. The molecule has 2 fully saturated rings. The predicted octanol–water partition coefficient (Wildman–Crippen LogP) is 0.999. The van der Waals surface area contributed by atoms with E-state index in [0.29, 0.717) is 24.6 Å². The maximum atomic E-state index is 13.0. The molecule has 1 heterocycles. The van der Waals surface area contributed by atoms with Crippen LogP contribution in [0.25, 0.3) is 0 Å². The van der Waals surface area contributed by atoms with E-state index in [4.69, 9.17) is 5.73 Å². The molecule has 1 amide bonds. The summed E-state index contributed by atoms with van der Waals surface area (Å²) in [7, 11) is 0. The number of rotatable bonds is 1. The molecule has 16 heavy (non-hydrogen) atoms. The van der Waals surface area contributed by atoms with E-state index in [1.165, 1.54) is 12.1 Å². The number of halogens is 1. The van der Waals surface area contributed by atoms with Gasteiger partial charge in [-0.3, -0.25) is 4.79 Å². The molecule has 0 unspecified atom stereocenters. The van der Waals surface area contributed by atoms with Gasteiger partial charge in [-0.15, -0.1) is 0 Å². The van der Waals surface area contributed by atoms with Gasteiger partial charge in [0.1, 0.15) is 5.82 Å². The van der Waals surface area contributed by atoms with Crippen LogP contribution in [-0.2, 0) is 0 Å². The molecule has 1 saturated carbocycles. The van der Waals surface area contributed by atoms with Crippen molar-refractivity contribution in [3.63, 3.8) is 0 Å². The van der Waals surface area contributed by atoms with Crippen molar-refractivity contribution in [3.8, 4) is 0 Å². The van der Waals surface area contributed by atoms with Gasteiger partial charge in [0.05, 0.1) is 0 Å². The van der Waals surface area contributed by atoms with Gasteiger partial charge in [0.2, 0.25) is 0 Å². The average molecular weight is 220 g/mol. The van der Waals surface area contributed by atoms with E-state index in [9.17, 15) is 9.18 Å². The minimum absolute atomic E-state index is 0.114. The highest BCUT2D eigenvalue weighted by molar-refractivity contribution is 5.94. The van der Waals surface area contributed by atoms with Gasteiger partial charge in [-0.05, 0) is 30.5 Å². The predicted molar refractivity (Wildman–Crippen MR) is 57.3 cm³/mol. The highest BCUT2D eigenvalue weighted by Gasteiger charge is 2.58. The van der Waals surface area contributed by atoms with Gasteiger partial charge in [-0.1, -0.05) is 6.07 Å². The summed E-state index contributed by atoms with van der Waals surface area (Å²) < 4.78 is 13.0. The second-order valence-electron chi connectivity index (χ2n) is 4.83. The lowest BCUT2D eigenvalue weighted by Crippen LogP contribution is -2.37. The number of amides is 1. The summed E-state index contributed by atoms with van der Waals surface area (Å²) >= 11 is 0. The molecular formula is C12H13FN2O. The molecule has 2 aliphatic rings. The quantitative estimate of drug-likeness (QED) is 0.767. The average Bonchev–Trinajstić information content (AvgIpc) is 2.76. The van der Waals surface area contributed by atoms with Crippen molar-refractivity contribution in [2.45, 2.75) is 12.0 Å². The fourth-order valence-electron chi connectivity index (χ4n) is 2.48. The number of piperidine rings is 1. The van der Waals surface area contributed by atoms with Gasteiger partial charge in [0.15, 0.2) is 0 Å². The standard InChI is InChI=1S/C12H13FN2O/c13-10-3-1-2-8(4-10)11(16)15-6-9-5-12(9,14)7-15/h1-4,9H,5-7,14H2/t9-,12-/m0/s1. The van der Waals surface area contributed by atoms with E-state index in [2.05, 4.69) is 0 Å². The third kappa shape index (κ3) is 1.41. The summed E-state index contributed by atoms with van der Waals surface area (Å²) in [5, 5.41) is 0. The second-order valence-corrected chi connectivity index (χ2v) is 4.83. The molecule has 2 atom stereocenters. The number of benzene rings is 1. The Bertz CT molecular complexity index is 462. The zero-order valence-corrected chi connectivity index (χ0v) is 8.82. The summed E-state index contributed by atoms with van der Waals surface area (Å²) in [5.41, 5.74) is 6.28. The highest BCUT2D eigenvalue weighted by atomic mass is 19.1. The monoisotopic (exact) mass is 220 g/mol. The van der Waals surface area contributed by atoms with Crippen LogP contribution in [-0.4, -0.2) is 29.4 Å². The van der Waals surface area contributed by atoms with Crippen molar-refractivity contribution in [1.29, 1.82) is 0 Å². The van der Waals surface area contributed by atoms with Crippen molar-refractivity contribution in [3.05, 3.63) is 35.6 Å². The molecule has 1 saturated heterocycles. The van der Waals surface area contributed by atoms with E-state index in [-0.39, 0.29) is 17.3 Å². The Morgan fingerprint density at radius 3 is 3.00 bits per heavy atom. The van der Waals surface area contributed by atoms with Crippen LogP contribution < -0.4 is 5.73 Å². The van der Waals surface area contributed by atoms with Crippen LogP contribution in [0.4, 0.5) is 4.39 Å². The molecular weight excluding hydrogens is 207 g/mol. The highest BCUT2D eigenvalue weighted by Crippen LogP contribution is 2.47. The number of likely N-dealkylation sites (tertiary alicyclic amines) is 1. The molecule has 1 aliphatic heterocycles. The lowest BCUT2D eigenvalue weighted by molar-refractivity contribution is 0.0772. The first-order valence-corrected chi connectivity index (χ1v) is 5.42. The Morgan fingerprint density at radius 2 is 2.38 bits per heavy atom. The normalized spacial score (nSPS) is 31.4. The molecule has 0 spiro atoms. The number of hydrogen-bond acceptors (Lipinski definition) is 2. The summed E-state index contributed by atoms with van der Waals surface area (Å²) in [6.07, 6.45) is 1.01. The minimum Gasteiger partial charge on any atom is -0.336 e. The Labute approximate surface area is 93.0 Å². The first kappa shape index (κ1) is 9.78. The van der Waals surface area contributed by atoms with Gasteiger partial charge in [-0.25, -0.2) is 4.39 Å². The topological polar surface area (TPSA) is 46.3 Å². The Kier molecular flexibility index (Phi) is 1.86. The van der Waals surface area contributed by atoms with Gasteiger partial charge in [0, 0.05) is 24.2 Å². The van der Waals surface area contributed by atoms with Crippen LogP contribution in [0.1, 0.15) is 16.8 Å². The SMILES string of the molecule is N[C@]12C[C@H]1CN(C(=O)c1cccc(F)c1)C2. The lowest BCUT2D eigenvalue weighted by atomic mass is 10.2. The van der Waals surface area contributed by atoms with E-state index < -0.39 is 0 Å². The second kappa shape index (κ2) is 3.04. The van der Waals surface area contributed by atoms with E-state index in [0.717, 1.165) is 6.42 Å². The molecule has 1 aromatic carbocycles. The third-order valence-electron chi connectivity index (χ3n) is 3.56. The number of nitrogens with two attached hydrogens (primary N) is 1. The molecule has 0 aromatic heterocycles. The van der Waals surface area contributed by atoms with Gasteiger partial charge in [0.25, 0.3) is 5.91 Å². The van der Waals surface area contributed by atoms with E-state index >= 15 is 0 Å². The van der Waals surface area contributed by atoms with Gasteiger partial charge >= 0.3 is 0 Å². The Balaban J connectivity index is 1.79. The molecule has 84 valence electrons. The number of carbonyl (C=O) groups is 1. The molecule has 0 bridgehead atoms. The zero-order chi connectivity index (χ0) is 11.3. The number of hydrogen-bond donors (Lipinski definition) is 1. The van der Waals surface area contributed by atoms with E-state index in [1.807, 2.05) is 0 Å². The van der Waals surface area contributed by atoms with Gasteiger partial charge in [-0.2, -0.15) is 0 Å². The van der Waals surface area contributed by atoms with Crippen LogP contribution in [0.3, 0.4) is 0 Å². The van der Waals surface area contributed by atoms with Crippen LogP contribution in [0.2, 0.25) is 0 Å². The van der Waals surface area contributed by atoms with Crippen molar-refractivity contribution < 1.29 is 9.18 Å². The van der Waals surface area contributed by atoms with Crippen LogP contribution in [0.5, 0.6) is 0 Å². The molecule has 1 aliphatic carbocycles. The zero-order valence-electron chi connectivity index (χ0n) is 8.82. The maximum Gasteiger partial charge on any atom is 0.254 e. The van der Waals surface area contributed by atoms with Crippen molar-refractivity contribution >= 4 is 5.91 Å². The largest absolute Gasteiger partial charge is 0.336 e. The molecule has 1 aromatic rings. The van der Waals surface area contributed by atoms with Gasteiger partial charge < -0.3 is 10.6 Å².